The molecule has 0 spiro atoms. The molecule has 5 heteroatoms. The first kappa shape index (κ1) is 16.6. The van der Waals surface area contributed by atoms with Crippen LogP contribution in [0.25, 0.3) is 11.3 Å². The van der Waals surface area contributed by atoms with Gasteiger partial charge in [0.1, 0.15) is 6.04 Å². The number of hydrogen-bond acceptors (Lipinski definition) is 3. The number of rotatable bonds is 4. The zero-order chi connectivity index (χ0) is 17.8. The highest BCUT2D eigenvalue weighted by Gasteiger charge is 2.18. The number of amides is 1. The van der Waals surface area contributed by atoms with Crippen molar-refractivity contribution in [1.29, 1.82) is 0 Å². The Labute approximate surface area is 145 Å². The molecule has 0 aliphatic heterocycles. The Bertz CT molecular complexity index is 948. The van der Waals surface area contributed by atoms with E-state index in [-0.39, 0.29) is 11.5 Å². The molecule has 0 aliphatic carbocycles. The van der Waals surface area contributed by atoms with Gasteiger partial charge in [-0.3, -0.25) is 9.59 Å². The molecule has 0 bridgehead atoms. The fraction of sp³-hybridized carbons (Fsp3) is 0.150. The van der Waals surface area contributed by atoms with E-state index >= 15 is 0 Å². The van der Waals surface area contributed by atoms with E-state index in [0.717, 1.165) is 11.1 Å². The lowest BCUT2D eigenvalue weighted by molar-refractivity contribution is -0.119. The summed E-state index contributed by atoms with van der Waals surface area (Å²) in [5.74, 6) is -0.287. The zero-order valence-electron chi connectivity index (χ0n) is 14.1. The van der Waals surface area contributed by atoms with Gasteiger partial charge in [-0.1, -0.05) is 42.5 Å². The van der Waals surface area contributed by atoms with Gasteiger partial charge in [-0.2, -0.15) is 5.10 Å². The van der Waals surface area contributed by atoms with Crippen LogP contribution in [-0.2, 0) is 4.79 Å². The van der Waals surface area contributed by atoms with Gasteiger partial charge in [0.15, 0.2) is 0 Å². The van der Waals surface area contributed by atoms with Crippen molar-refractivity contribution >= 4 is 11.6 Å². The fourth-order valence-electron chi connectivity index (χ4n) is 2.55. The molecule has 25 heavy (non-hydrogen) atoms. The summed E-state index contributed by atoms with van der Waals surface area (Å²) in [7, 11) is 0. The summed E-state index contributed by atoms with van der Waals surface area (Å²) in [6.45, 7) is 3.61. The van der Waals surface area contributed by atoms with E-state index in [1.807, 2.05) is 61.5 Å². The number of benzene rings is 2. The molecule has 0 radical (unpaired) electrons. The van der Waals surface area contributed by atoms with Gasteiger partial charge in [-0.15, -0.1) is 0 Å². The van der Waals surface area contributed by atoms with Crippen LogP contribution in [0.3, 0.4) is 0 Å². The summed E-state index contributed by atoms with van der Waals surface area (Å²) < 4.78 is 1.22. The molecule has 0 aliphatic rings. The first-order valence-corrected chi connectivity index (χ1v) is 8.07. The largest absolute Gasteiger partial charge is 0.324 e. The minimum atomic E-state index is -0.725. The molecule has 1 aromatic heterocycles. The minimum absolute atomic E-state index is 0.287. The van der Waals surface area contributed by atoms with E-state index in [1.165, 1.54) is 10.7 Å². The van der Waals surface area contributed by atoms with Crippen molar-refractivity contribution in [3.63, 3.8) is 0 Å². The second kappa shape index (κ2) is 7.13. The van der Waals surface area contributed by atoms with Crippen LogP contribution in [0.1, 0.15) is 18.5 Å². The second-order valence-corrected chi connectivity index (χ2v) is 5.90. The maximum atomic E-state index is 12.5. The monoisotopic (exact) mass is 333 g/mol. The van der Waals surface area contributed by atoms with Crippen LogP contribution in [0.2, 0.25) is 0 Å². The molecule has 2 aromatic carbocycles. The van der Waals surface area contributed by atoms with Crippen LogP contribution in [0.4, 0.5) is 5.69 Å². The van der Waals surface area contributed by atoms with Crippen LogP contribution in [0.5, 0.6) is 0 Å². The lowest BCUT2D eigenvalue weighted by atomic mass is 10.1. The number of anilines is 1. The van der Waals surface area contributed by atoms with Crippen molar-refractivity contribution in [2.45, 2.75) is 19.9 Å². The first-order chi connectivity index (χ1) is 12.0. The van der Waals surface area contributed by atoms with Crippen molar-refractivity contribution in [1.82, 2.24) is 9.78 Å². The topological polar surface area (TPSA) is 64.0 Å². The molecule has 5 nitrogen and oxygen atoms in total. The highest BCUT2D eigenvalue weighted by Crippen LogP contribution is 2.16. The van der Waals surface area contributed by atoms with Crippen molar-refractivity contribution in [3.8, 4) is 11.3 Å². The van der Waals surface area contributed by atoms with E-state index in [4.69, 9.17) is 0 Å². The predicted octanol–water partition coefficient (Wildman–Crippen LogP) is 3.42. The lowest BCUT2D eigenvalue weighted by Gasteiger charge is -2.15. The number of aromatic nitrogens is 2. The van der Waals surface area contributed by atoms with Crippen molar-refractivity contribution in [2.75, 3.05) is 5.32 Å². The number of nitrogens with one attached hydrogen (secondary N) is 1. The van der Waals surface area contributed by atoms with E-state index in [2.05, 4.69) is 10.4 Å². The Balaban J connectivity index is 1.87. The fourth-order valence-corrected chi connectivity index (χ4v) is 2.55. The van der Waals surface area contributed by atoms with E-state index in [9.17, 15) is 9.59 Å². The molecule has 126 valence electrons. The molecule has 1 atom stereocenters. The summed E-state index contributed by atoms with van der Waals surface area (Å²) in [5.41, 5.74) is 2.97. The third-order valence-corrected chi connectivity index (χ3v) is 3.93. The lowest BCUT2D eigenvalue weighted by Crippen LogP contribution is -2.33. The molecule has 1 amide bonds. The van der Waals surface area contributed by atoms with Gasteiger partial charge in [0.05, 0.1) is 5.69 Å². The van der Waals surface area contributed by atoms with Crippen LogP contribution < -0.4 is 10.9 Å². The summed E-state index contributed by atoms with van der Waals surface area (Å²) in [6.07, 6.45) is 0. The normalized spacial score (nSPS) is 11.8. The molecule has 0 fully saturated rings. The Morgan fingerprint density at radius 2 is 1.80 bits per heavy atom. The summed E-state index contributed by atoms with van der Waals surface area (Å²) in [6, 6.07) is 19.4. The molecule has 0 saturated carbocycles. The third-order valence-electron chi connectivity index (χ3n) is 3.93. The quantitative estimate of drug-likeness (QED) is 0.796. The number of nitrogens with zero attached hydrogens (tertiary/aromatic N) is 2. The summed E-state index contributed by atoms with van der Waals surface area (Å²) in [4.78, 5) is 24.7. The Hall–Kier alpha value is -3.21. The zero-order valence-corrected chi connectivity index (χ0v) is 14.1. The van der Waals surface area contributed by atoms with Gasteiger partial charge in [0, 0.05) is 17.3 Å². The van der Waals surface area contributed by atoms with Gasteiger partial charge in [0.25, 0.3) is 5.56 Å². The predicted molar refractivity (Wildman–Crippen MR) is 98.5 cm³/mol. The minimum Gasteiger partial charge on any atom is -0.324 e. The third kappa shape index (κ3) is 3.83. The summed E-state index contributed by atoms with van der Waals surface area (Å²) >= 11 is 0. The van der Waals surface area contributed by atoms with Gasteiger partial charge in [0.2, 0.25) is 5.91 Å². The van der Waals surface area contributed by atoms with Crippen molar-refractivity contribution in [3.05, 3.63) is 82.6 Å². The number of carbonyl (C=O) groups excluding carboxylic acids is 1. The van der Waals surface area contributed by atoms with Gasteiger partial charge >= 0.3 is 0 Å². The van der Waals surface area contributed by atoms with Gasteiger partial charge < -0.3 is 5.32 Å². The Morgan fingerprint density at radius 1 is 1.04 bits per heavy atom. The SMILES string of the molecule is Cc1cccc(NC(=O)C(C)n2nc(-c3ccccc3)ccc2=O)c1. The molecular weight excluding hydrogens is 314 g/mol. The standard InChI is InChI=1S/C20H19N3O2/c1-14-7-6-10-17(13-14)21-20(25)15(2)23-19(24)12-11-18(22-23)16-8-4-3-5-9-16/h3-13,15H,1-2H3,(H,21,25). The van der Waals surface area contributed by atoms with Crippen LogP contribution in [0, 0.1) is 6.92 Å². The Morgan fingerprint density at radius 3 is 2.52 bits per heavy atom. The first-order valence-electron chi connectivity index (χ1n) is 8.07. The Kier molecular flexibility index (Phi) is 4.75. The molecular formula is C20H19N3O2. The smallest absolute Gasteiger partial charge is 0.267 e. The van der Waals surface area contributed by atoms with E-state index in [1.54, 1.807) is 13.0 Å². The number of hydrogen-bond donors (Lipinski definition) is 1. The second-order valence-electron chi connectivity index (χ2n) is 5.90. The summed E-state index contributed by atoms with van der Waals surface area (Å²) in [5, 5.41) is 7.19. The van der Waals surface area contributed by atoms with E-state index in [0.29, 0.717) is 11.4 Å². The maximum Gasteiger partial charge on any atom is 0.267 e. The highest BCUT2D eigenvalue weighted by atomic mass is 16.2. The molecule has 1 N–H and O–H groups in total. The van der Waals surface area contributed by atoms with Gasteiger partial charge in [-0.05, 0) is 37.6 Å². The average molecular weight is 333 g/mol. The van der Waals surface area contributed by atoms with Crippen molar-refractivity contribution < 1.29 is 4.79 Å². The molecule has 3 aromatic rings. The average Bonchev–Trinajstić information content (AvgIpc) is 2.62. The maximum absolute atomic E-state index is 12.5. The van der Waals surface area contributed by atoms with Crippen molar-refractivity contribution in [2.24, 2.45) is 0 Å². The number of aryl methyl sites for hydroxylation is 1. The number of carbonyl (C=O) groups is 1. The van der Waals surface area contributed by atoms with Gasteiger partial charge in [-0.25, -0.2) is 4.68 Å². The molecule has 0 saturated heterocycles. The van der Waals surface area contributed by atoms with E-state index < -0.39 is 6.04 Å². The van der Waals surface area contributed by atoms with Crippen LogP contribution >= 0.6 is 0 Å². The molecule has 3 rings (SSSR count). The molecule has 1 unspecified atom stereocenters. The van der Waals surface area contributed by atoms with Crippen LogP contribution in [-0.4, -0.2) is 15.7 Å². The highest BCUT2D eigenvalue weighted by molar-refractivity contribution is 5.93. The van der Waals surface area contributed by atoms with Crippen LogP contribution in [0.15, 0.2) is 71.5 Å². The molecule has 1 heterocycles.